The summed E-state index contributed by atoms with van der Waals surface area (Å²) >= 11 is 0. The van der Waals surface area contributed by atoms with Gasteiger partial charge in [0.25, 0.3) is 0 Å². The third-order valence-electron chi connectivity index (χ3n) is 3.90. The Labute approximate surface area is 92.3 Å². The highest BCUT2D eigenvalue weighted by atomic mass is 32.2. The fourth-order valence-electron chi connectivity index (χ4n) is 2.80. The minimum absolute atomic E-state index is 0.126. The molecule has 0 saturated heterocycles. The molecule has 0 radical (unpaired) electrons. The molecule has 4 N–H and O–H groups in total. The first-order valence-corrected chi connectivity index (χ1v) is 7.21. The van der Waals surface area contributed by atoms with Crippen molar-refractivity contribution in [2.24, 2.45) is 23.3 Å². The zero-order valence-electron chi connectivity index (χ0n) is 9.57. The highest BCUT2D eigenvalue weighted by molar-refractivity contribution is 7.92. The molecule has 3 atom stereocenters. The standard InChI is InChI=1S/C10H22N2O2S/c1-3-15(13,14)10(7-12)5-9(6-11)4-8(10)2/h8-9H,3-7,11-12H2,1-2H3/t8-,9-,10+/m0/s1. The molecule has 5 heteroatoms. The van der Waals surface area contributed by atoms with E-state index < -0.39 is 14.6 Å². The smallest absolute Gasteiger partial charge is 0.157 e. The molecule has 1 saturated carbocycles. The lowest BCUT2D eigenvalue weighted by molar-refractivity contribution is 0.433. The van der Waals surface area contributed by atoms with Crippen LogP contribution in [0.2, 0.25) is 0 Å². The summed E-state index contributed by atoms with van der Waals surface area (Å²) in [6, 6.07) is 0. The van der Waals surface area contributed by atoms with Crippen LogP contribution in [0.25, 0.3) is 0 Å². The molecule has 1 aliphatic carbocycles. The molecular weight excluding hydrogens is 212 g/mol. The minimum Gasteiger partial charge on any atom is -0.330 e. The summed E-state index contributed by atoms with van der Waals surface area (Å²) < 4.78 is 23.5. The van der Waals surface area contributed by atoms with Crippen molar-refractivity contribution >= 4 is 9.84 Å². The van der Waals surface area contributed by atoms with Gasteiger partial charge in [-0.1, -0.05) is 13.8 Å². The number of sulfone groups is 1. The Morgan fingerprint density at radius 2 is 2.00 bits per heavy atom. The third-order valence-corrected chi connectivity index (χ3v) is 6.63. The summed E-state index contributed by atoms with van der Waals surface area (Å²) in [6.45, 7) is 4.46. The van der Waals surface area contributed by atoms with Crippen LogP contribution in [0.1, 0.15) is 26.7 Å². The molecule has 1 fully saturated rings. The van der Waals surface area contributed by atoms with Crippen molar-refractivity contribution in [1.29, 1.82) is 0 Å². The molecule has 0 aliphatic heterocycles. The molecule has 90 valence electrons. The van der Waals surface area contributed by atoms with Crippen molar-refractivity contribution in [2.45, 2.75) is 31.4 Å². The van der Waals surface area contributed by atoms with Crippen LogP contribution >= 0.6 is 0 Å². The summed E-state index contributed by atoms with van der Waals surface area (Å²) in [5, 5.41) is 0. The molecule has 0 amide bonds. The fourth-order valence-corrected chi connectivity index (χ4v) is 4.83. The summed E-state index contributed by atoms with van der Waals surface area (Å²) in [4.78, 5) is 0. The van der Waals surface area contributed by atoms with Crippen molar-refractivity contribution in [3.05, 3.63) is 0 Å². The quantitative estimate of drug-likeness (QED) is 0.723. The molecule has 15 heavy (non-hydrogen) atoms. The molecule has 0 unspecified atom stereocenters. The van der Waals surface area contributed by atoms with E-state index >= 15 is 0 Å². The van der Waals surface area contributed by atoms with Crippen LogP contribution in [0.4, 0.5) is 0 Å². The Morgan fingerprint density at radius 3 is 2.33 bits per heavy atom. The molecule has 0 aromatic heterocycles. The maximum absolute atomic E-state index is 12.1. The van der Waals surface area contributed by atoms with Crippen LogP contribution in [-0.4, -0.2) is 32.0 Å². The molecule has 0 aromatic rings. The largest absolute Gasteiger partial charge is 0.330 e. The summed E-state index contributed by atoms with van der Waals surface area (Å²) in [7, 11) is -3.08. The maximum atomic E-state index is 12.1. The van der Waals surface area contributed by atoms with Gasteiger partial charge in [0, 0.05) is 12.3 Å². The van der Waals surface area contributed by atoms with Gasteiger partial charge in [0.15, 0.2) is 9.84 Å². The van der Waals surface area contributed by atoms with Gasteiger partial charge in [0.2, 0.25) is 0 Å². The average molecular weight is 234 g/mol. The van der Waals surface area contributed by atoms with Crippen LogP contribution in [0.3, 0.4) is 0 Å². The highest BCUT2D eigenvalue weighted by Gasteiger charge is 2.51. The van der Waals surface area contributed by atoms with Crippen LogP contribution in [0.5, 0.6) is 0 Å². The van der Waals surface area contributed by atoms with Gasteiger partial charge in [-0.2, -0.15) is 0 Å². The SMILES string of the molecule is CCS(=O)(=O)[C@@]1(CN)C[C@@H](CN)C[C@@H]1C. The van der Waals surface area contributed by atoms with Gasteiger partial charge < -0.3 is 11.5 Å². The summed E-state index contributed by atoms with van der Waals surface area (Å²) in [6.07, 6.45) is 1.52. The van der Waals surface area contributed by atoms with Crippen LogP contribution < -0.4 is 11.5 Å². The molecule has 4 nitrogen and oxygen atoms in total. The molecule has 0 bridgehead atoms. The van der Waals surface area contributed by atoms with Crippen molar-refractivity contribution < 1.29 is 8.42 Å². The highest BCUT2D eigenvalue weighted by Crippen LogP contribution is 2.44. The predicted molar refractivity (Wildman–Crippen MR) is 62.2 cm³/mol. The molecule has 0 spiro atoms. The average Bonchev–Trinajstić information content (AvgIpc) is 2.56. The van der Waals surface area contributed by atoms with E-state index in [1.165, 1.54) is 0 Å². The van der Waals surface area contributed by atoms with E-state index in [0.29, 0.717) is 18.9 Å². The van der Waals surface area contributed by atoms with E-state index in [0.717, 1.165) is 6.42 Å². The molecule has 1 aliphatic rings. The van der Waals surface area contributed by atoms with E-state index in [1.54, 1.807) is 6.92 Å². The van der Waals surface area contributed by atoms with Crippen molar-refractivity contribution in [3.8, 4) is 0 Å². The number of nitrogens with two attached hydrogens (primary N) is 2. The lowest BCUT2D eigenvalue weighted by Gasteiger charge is -2.31. The topological polar surface area (TPSA) is 86.2 Å². The number of rotatable bonds is 4. The van der Waals surface area contributed by atoms with Gasteiger partial charge >= 0.3 is 0 Å². The lowest BCUT2D eigenvalue weighted by atomic mass is 9.97. The van der Waals surface area contributed by atoms with E-state index in [2.05, 4.69) is 0 Å². The van der Waals surface area contributed by atoms with Gasteiger partial charge in [0.05, 0.1) is 4.75 Å². The Bertz CT molecular complexity index is 315. The van der Waals surface area contributed by atoms with Crippen molar-refractivity contribution in [3.63, 3.8) is 0 Å². The summed E-state index contributed by atoms with van der Waals surface area (Å²) in [5.41, 5.74) is 11.3. The van der Waals surface area contributed by atoms with Gasteiger partial charge in [0.1, 0.15) is 0 Å². The van der Waals surface area contributed by atoms with E-state index in [9.17, 15) is 8.42 Å². The number of hydrogen-bond donors (Lipinski definition) is 2. The van der Waals surface area contributed by atoms with Gasteiger partial charge in [-0.15, -0.1) is 0 Å². The van der Waals surface area contributed by atoms with Crippen molar-refractivity contribution in [1.82, 2.24) is 0 Å². The van der Waals surface area contributed by atoms with Gasteiger partial charge in [-0.05, 0) is 31.2 Å². The van der Waals surface area contributed by atoms with E-state index in [-0.39, 0.29) is 18.2 Å². The van der Waals surface area contributed by atoms with Crippen molar-refractivity contribution in [2.75, 3.05) is 18.8 Å². The molecule has 0 heterocycles. The maximum Gasteiger partial charge on any atom is 0.157 e. The predicted octanol–water partition coefficient (Wildman–Crippen LogP) is 0.123. The van der Waals surface area contributed by atoms with Crippen LogP contribution in [-0.2, 0) is 9.84 Å². The third kappa shape index (κ3) is 1.92. The fraction of sp³-hybridized carbons (Fsp3) is 1.00. The Balaban J connectivity index is 3.06. The lowest BCUT2D eigenvalue weighted by Crippen LogP contribution is -2.48. The first kappa shape index (κ1) is 12.9. The van der Waals surface area contributed by atoms with E-state index in [1.807, 2.05) is 6.92 Å². The Hall–Kier alpha value is -0.130. The first-order chi connectivity index (χ1) is 6.93. The molecule has 0 aromatic carbocycles. The second-order valence-corrected chi connectivity index (χ2v) is 7.23. The minimum atomic E-state index is -3.08. The zero-order chi connectivity index (χ0) is 11.7. The van der Waals surface area contributed by atoms with Crippen LogP contribution in [0, 0.1) is 11.8 Å². The van der Waals surface area contributed by atoms with E-state index in [4.69, 9.17) is 11.5 Å². The van der Waals surface area contributed by atoms with Gasteiger partial charge in [-0.3, -0.25) is 0 Å². The second-order valence-electron chi connectivity index (χ2n) is 4.61. The first-order valence-electron chi connectivity index (χ1n) is 5.56. The van der Waals surface area contributed by atoms with Crippen LogP contribution in [0.15, 0.2) is 0 Å². The number of hydrogen-bond acceptors (Lipinski definition) is 4. The normalized spacial score (nSPS) is 37.1. The molecule has 1 rings (SSSR count). The van der Waals surface area contributed by atoms with Gasteiger partial charge in [-0.25, -0.2) is 8.42 Å². The Kier molecular flexibility index (Phi) is 3.79. The monoisotopic (exact) mass is 234 g/mol. The molecular formula is C10H22N2O2S. The zero-order valence-corrected chi connectivity index (χ0v) is 10.4. The second kappa shape index (κ2) is 4.39. The Morgan fingerprint density at radius 1 is 1.40 bits per heavy atom. The summed E-state index contributed by atoms with van der Waals surface area (Å²) in [5.74, 6) is 0.608.